The lowest BCUT2D eigenvalue weighted by Gasteiger charge is -2.23. The number of hydrogen-bond donors (Lipinski definition) is 9. The van der Waals surface area contributed by atoms with E-state index in [1.807, 2.05) is 0 Å². The summed E-state index contributed by atoms with van der Waals surface area (Å²) in [6, 6.07) is 0. The molecule has 10 heteroatoms. The van der Waals surface area contributed by atoms with Crippen LogP contribution in [0.15, 0.2) is 0 Å². The quantitative estimate of drug-likeness (QED) is 0.117. The smallest absolute Gasteiger partial charge is 0.156 e. The van der Waals surface area contributed by atoms with Gasteiger partial charge >= 0.3 is 0 Å². The second-order valence-corrected chi connectivity index (χ2v) is 7.65. The molecule has 0 saturated carbocycles. The Balaban J connectivity index is -0.000000352. The van der Waals surface area contributed by atoms with Crippen molar-refractivity contribution in [1.29, 1.82) is 0 Å². The lowest BCUT2D eigenvalue weighted by Crippen LogP contribution is -2.37. The molecule has 0 radical (unpaired) electrons. The fourth-order valence-corrected chi connectivity index (χ4v) is 1.80. The molecular weight excluding hydrogens is 404 g/mol. The normalized spacial score (nSPS) is 11.2. The molecular formula is C19H42O9S. The van der Waals surface area contributed by atoms with Gasteiger partial charge in [-0.15, -0.1) is 0 Å². The highest BCUT2D eigenvalue weighted by Gasteiger charge is 2.27. The molecule has 0 aliphatic carbocycles. The molecule has 0 spiro atoms. The highest BCUT2D eigenvalue weighted by atomic mass is 32.1. The highest BCUT2D eigenvalue weighted by Crippen LogP contribution is 2.12. The van der Waals surface area contributed by atoms with Crippen LogP contribution in [0, 0.1) is 10.8 Å². The molecule has 0 saturated heterocycles. The van der Waals surface area contributed by atoms with Crippen molar-refractivity contribution in [3.8, 4) is 0 Å². The minimum absolute atomic E-state index is 0.167. The van der Waals surface area contributed by atoms with Crippen LogP contribution in [-0.2, 0) is 0 Å². The molecule has 29 heavy (non-hydrogen) atoms. The standard InChI is InChI=1S/C9H18OS.2C5H12O4/c1-2-3-4-5-6-7-8-9(10)11;2*6-1-5(2-7,3-8)4-9/h2-8H2,1H3,(H,10,11);2*6-9H,1-4H2. The van der Waals surface area contributed by atoms with Crippen molar-refractivity contribution in [2.24, 2.45) is 10.8 Å². The zero-order valence-electron chi connectivity index (χ0n) is 17.5. The van der Waals surface area contributed by atoms with Crippen molar-refractivity contribution in [1.82, 2.24) is 0 Å². The largest absolute Gasteiger partial charge is 0.502 e. The second-order valence-electron chi connectivity index (χ2n) is 7.18. The lowest BCUT2D eigenvalue weighted by molar-refractivity contribution is -0.0332. The van der Waals surface area contributed by atoms with Gasteiger partial charge in [-0.05, 0) is 18.6 Å². The summed E-state index contributed by atoms with van der Waals surface area (Å²) in [5.41, 5.74) is -2.22. The Labute approximate surface area is 179 Å². The zero-order valence-corrected chi connectivity index (χ0v) is 18.4. The van der Waals surface area contributed by atoms with Crippen LogP contribution in [0.1, 0.15) is 51.9 Å². The summed E-state index contributed by atoms with van der Waals surface area (Å²) in [6.07, 6.45) is 8.22. The van der Waals surface area contributed by atoms with Gasteiger partial charge < -0.3 is 46.0 Å². The summed E-state index contributed by atoms with van der Waals surface area (Å²) in [6.45, 7) is -1.04. The highest BCUT2D eigenvalue weighted by molar-refractivity contribution is 7.80. The van der Waals surface area contributed by atoms with Crippen molar-refractivity contribution >= 4 is 17.3 Å². The van der Waals surface area contributed by atoms with E-state index < -0.39 is 63.7 Å². The molecule has 0 aromatic heterocycles. The Hall–Kier alpha value is -0.430. The van der Waals surface area contributed by atoms with Crippen LogP contribution >= 0.6 is 12.2 Å². The van der Waals surface area contributed by atoms with Gasteiger partial charge in [-0.1, -0.05) is 39.0 Å². The van der Waals surface area contributed by atoms with E-state index in [2.05, 4.69) is 19.1 Å². The van der Waals surface area contributed by atoms with E-state index in [1.54, 1.807) is 0 Å². The zero-order chi connectivity index (χ0) is 23.2. The molecule has 0 bridgehead atoms. The van der Waals surface area contributed by atoms with E-state index in [-0.39, 0.29) is 5.05 Å². The summed E-state index contributed by atoms with van der Waals surface area (Å²) in [7, 11) is 0. The van der Waals surface area contributed by atoms with Crippen LogP contribution in [0.5, 0.6) is 0 Å². The van der Waals surface area contributed by atoms with Gasteiger partial charge in [0.05, 0.1) is 63.7 Å². The van der Waals surface area contributed by atoms with Crippen LogP contribution in [-0.4, -0.2) is 104 Å². The number of aliphatic hydroxyl groups is 9. The number of hydrogen-bond acceptors (Lipinski definition) is 9. The van der Waals surface area contributed by atoms with Gasteiger partial charge in [-0.3, -0.25) is 0 Å². The minimum atomic E-state index is -1.11. The van der Waals surface area contributed by atoms with Crippen LogP contribution in [0.25, 0.3) is 0 Å². The van der Waals surface area contributed by atoms with Crippen molar-refractivity contribution in [2.45, 2.75) is 51.9 Å². The molecule has 9 nitrogen and oxygen atoms in total. The predicted octanol–water partition coefficient (Wildman–Crippen LogP) is -0.494. The van der Waals surface area contributed by atoms with Gasteiger partial charge in [0.1, 0.15) is 0 Å². The Morgan fingerprint density at radius 1 is 0.552 bits per heavy atom. The van der Waals surface area contributed by atoms with Gasteiger partial charge in [0.25, 0.3) is 0 Å². The topological polar surface area (TPSA) is 182 Å². The minimum Gasteiger partial charge on any atom is -0.502 e. The first-order valence-corrected chi connectivity index (χ1v) is 10.3. The number of unbranched alkanes of at least 4 members (excludes halogenated alkanes) is 5. The average molecular weight is 447 g/mol. The van der Waals surface area contributed by atoms with Crippen molar-refractivity contribution in [2.75, 3.05) is 52.9 Å². The summed E-state index contributed by atoms with van der Waals surface area (Å²) in [5, 5.41) is 76.8. The van der Waals surface area contributed by atoms with Crippen LogP contribution < -0.4 is 0 Å². The van der Waals surface area contributed by atoms with Gasteiger partial charge in [-0.2, -0.15) is 0 Å². The summed E-state index contributed by atoms with van der Waals surface area (Å²) >= 11 is 4.55. The summed E-state index contributed by atoms with van der Waals surface area (Å²) in [4.78, 5) is 0. The second kappa shape index (κ2) is 22.3. The molecule has 0 amide bonds. The molecule has 0 fully saturated rings. The first-order valence-electron chi connectivity index (χ1n) is 9.85. The molecule has 0 atom stereocenters. The van der Waals surface area contributed by atoms with E-state index in [4.69, 9.17) is 46.0 Å². The van der Waals surface area contributed by atoms with E-state index in [9.17, 15) is 0 Å². The number of thiocarbonyl (C=S) groups is 1. The summed E-state index contributed by atoms with van der Waals surface area (Å²) < 4.78 is 0. The lowest BCUT2D eigenvalue weighted by atomic mass is 9.93. The fraction of sp³-hybridized carbons (Fsp3) is 0.947. The predicted molar refractivity (Wildman–Crippen MR) is 115 cm³/mol. The molecule has 0 aliphatic rings. The van der Waals surface area contributed by atoms with E-state index >= 15 is 0 Å². The number of rotatable bonds is 15. The van der Waals surface area contributed by atoms with E-state index in [0.29, 0.717) is 6.42 Å². The third-order valence-corrected chi connectivity index (χ3v) is 4.63. The van der Waals surface area contributed by atoms with Gasteiger partial charge in [-0.25, -0.2) is 0 Å². The Bertz CT molecular complexity index is 294. The Morgan fingerprint density at radius 3 is 1.03 bits per heavy atom. The van der Waals surface area contributed by atoms with Gasteiger partial charge in [0, 0.05) is 6.42 Å². The Kier molecular flexibility index (Phi) is 25.5. The fourth-order valence-electron chi connectivity index (χ4n) is 1.66. The number of aliphatic hydroxyl groups excluding tert-OH is 9. The average Bonchev–Trinajstić information content (AvgIpc) is 2.75. The van der Waals surface area contributed by atoms with Crippen molar-refractivity contribution in [3.05, 3.63) is 0 Å². The molecule has 0 heterocycles. The molecule has 0 aromatic carbocycles. The summed E-state index contributed by atoms with van der Waals surface area (Å²) in [5.74, 6) is 0. The maximum Gasteiger partial charge on any atom is 0.156 e. The molecule has 178 valence electrons. The maximum absolute atomic E-state index is 8.69. The molecule has 0 rings (SSSR count). The molecule has 0 aromatic rings. The Morgan fingerprint density at radius 2 is 0.828 bits per heavy atom. The third-order valence-electron chi connectivity index (χ3n) is 4.43. The van der Waals surface area contributed by atoms with Crippen molar-refractivity contribution in [3.63, 3.8) is 0 Å². The first-order chi connectivity index (χ1) is 13.8. The van der Waals surface area contributed by atoms with E-state index in [0.717, 1.165) is 6.42 Å². The SMILES string of the molecule is CCCCCCCCC(O)=S.OCC(CO)(CO)CO.OCC(CO)(CO)CO. The van der Waals surface area contributed by atoms with Crippen LogP contribution in [0.4, 0.5) is 0 Å². The van der Waals surface area contributed by atoms with E-state index in [1.165, 1.54) is 32.1 Å². The molecule has 0 unspecified atom stereocenters. The van der Waals surface area contributed by atoms with Crippen LogP contribution in [0.3, 0.4) is 0 Å². The third kappa shape index (κ3) is 18.1. The monoisotopic (exact) mass is 446 g/mol. The van der Waals surface area contributed by atoms with Gasteiger partial charge in [0.2, 0.25) is 0 Å². The molecule has 0 aliphatic heterocycles. The molecule has 9 N–H and O–H groups in total. The van der Waals surface area contributed by atoms with Crippen molar-refractivity contribution < 1.29 is 46.0 Å². The van der Waals surface area contributed by atoms with Crippen LogP contribution in [0.2, 0.25) is 0 Å². The maximum atomic E-state index is 8.69. The first kappa shape index (κ1) is 33.2. The van der Waals surface area contributed by atoms with Gasteiger partial charge in [0.15, 0.2) is 5.05 Å².